The van der Waals surface area contributed by atoms with Crippen LogP contribution in [0.2, 0.25) is 5.02 Å². The predicted octanol–water partition coefficient (Wildman–Crippen LogP) is 8.12. The van der Waals surface area contributed by atoms with E-state index in [-0.39, 0.29) is 0 Å². The highest BCUT2D eigenvalue weighted by molar-refractivity contribution is 7.85. The highest BCUT2D eigenvalue weighted by Gasteiger charge is 2.52. The van der Waals surface area contributed by atoms with Gasteiger partial charge in [-0.15, -0.1) is 0 Å². The molecular formula is C36H23ClN2O2S2. The lowest BCUT2D eigenvalue weighted by atomic mass is 9.70. The number of fused-ring (bicyclic) bond motifs is 10. The Kier molecular flexibility index (Phi) is 6.09. The fraction of sp³-hybridized carbons (Fsp3) is 0.0556. The first-order valence-electron chi connectivity index (χ1n) is 13.8. The Morgan fingerprint density at radius 3 is 1.53 bits per heavy atom. The number of aromatic nitrogens is 2. The standard InChI is InChI=1S/C36H23ClN2O2S2/c1-22-10-16-34(38-20-22)42(40)24-12-14-28-29-15-13-25(43(41)35-17-11-23(37)21-39-35)19-33(29)36(32(28)18-24)30-8-4-2-6-26(30)27-7-3-5-9-31(27)36/h2-21H,1H3. The molecular weight excluding hydrogens is 592 g/mol. The molecule has 0 fully saturated rings. The Morgan fingerprint density at radius 2 is 1.05 bits per heavy atom. The van der Waals surface area contributed by atoms with Crippen molar-refractivity contribution < 1.29 is 8.42 Å². The Hall–Kier alpha value is -4.23. The number of nitrogens with zero attached hydrogens (tertiary/aromatic N) is 2. The van der Waals surface area contributed by atoms with Crippen LogP contribution in [0.25, 0.3) is 22.3 Å². The summed E-state index contributed by atoms with van der Waals surface area (Å²) in [6.07, 6.45) is 3.27. The van der Waals surface area contributed by atoms with Gasteiger partial charge < -0.3 is 0 Å². The number of hydrogen-bond donors (Lipinski definition) is 0. The lowest BCUT2D eigenvalue weighted by molar-refractivity contribution is 0.679. The summed E-state index contributed by atoms with van der Waals surface area (Å²) in [5.74, 6) is 0. The molecule has 4 nitrogen and oxygen atoms in total. The van der Waals surface area contributed by atoms with Crippen LogP contribution < -0.4 is 0 Å². The Morgan fingerprint density at radius 1 is 0.558 bits per heavy atom. The van der Waals surface area contributed by atoms with Crippen LogP contribution in [-0.2, 0) is 27.0 Å². The van der Waals surface area contributed by atoms with Crippen LogP contribution in [0.5, 0.6) is 0 Å². The van der Waals surface area contributed by atoms with Crippen molar-refractivity contribution in [3.63, 3.8) is 0 Å². The largest absolute Gasteiger partial charge is 0.247 e. The van der Waals surface area contributed by atoms with Gasteiger partial charge in [0.05, 0.1) is 10.4 Å². The van der Waals surface area contributed by atoms with Gasteiger partial charge in [0.2, 0.25) is 0 Å². The third-order valence-electron chi connectivity index (χ3n) is 8.43. The number of aryl methyl sites for hydroxylation is 1. The van der Waals surface area contributed by atoms with Crippen molar-refractivity contribution in [2.75, 3.05) is 0 Å². The van der Waals surface area contributed by atoms with E-state index in [0.717, 1.165) is 50.1 Å². The van der Waals surface area contributed by atoms with Gasteiger partial charge in [-0.25, -0.2) is 18.4 Å². The number of benzene rings is 4. The highest BCUT2D eigenvalue weighted by atomic mass is 35.5. The van der Waals surface area contributed by atoms with Crippen molar-refractivity contribution in [3.05, 3.63) is 154 Å². The molecule has 6 aromatic rings. The molecule has 0 bridgehead atoms. The lowest BCUT2D eigenvalue weighted by Gasteiger charge is -2.31. The SMILES string of the molecule is Cc1ccc(S(=O)c2ccc3c(c2)C2(c4ccccc4-c4ccccc42)c2cc(S(=O)c4ccc(Cl)cn4)ccc2-3)nc1. The molecule has 4 aromatic carbocycles. The summed E-state index contributed by atoms with van der Waals surface area (Å²) < 4.78 is 27.6. The fourth-order valence-corrected chi connectivity index (χ4v) is 8.71. The Labute approximate surface area is 259 Å². The smallest absolute Gasteiger partial charge is 0.132 e. The Balaban J connectivity index is 1.39. The molecule has 0 aliphatic heterocycles. The normalized spacial score (nSPS) is 14.9. The summed E-state index contributed by atoms with van der Waals surface area (Å²) in [6, 6.07) is 36.3. The summed E-state index contributed by atoms with van der Waals surface area (Å²) in [4.78, 5) is 10.2. The minimum Gasteiger partial charge on any atom is -0.247 e. The van der Waals surface area contributed by atoms with Gasteiger partial charge in [-0.3, -0.25) is 0 Å². The van der Waals surface area contributed by atoms with E-state index in [2.05, 4.69) is 82.8 Å². The fourth-order valence-electron chi connectivity index (χ4n) is 6.61. The van der Waals surface area contributed by atoms with Gasteiger partial charge in [-0.1, -0.05) is 78.3 Å². The van der Waals surface area contributed by atoms with E-state index in [1.165, 1.54) is 6.20 Å². The second kappa shape index (κ2) is 9.91. The van der Waals surface area contributed by atoms with Crippen molar-refractivity contribution in [2.24, 2.45) is 0 Å². The third-order valence-corrected chi connectivity index (χ3v) is 11.3. The zero-order valence-electron chi connectivity index (χ0n) is 23.0. The molecule has 2 aliphatic carbocycles. The van der Waals surface area contributed by atoms with E-state index >= 15 is 0 Å². The summed E-state index contributed by atoms with van der Waals surface area (Å²) in [7, 11) is -2.97. The van der Waals surface area contributed by atoms with E-state index in [1.807, 2.05) is 31.2 Å². The van der Waals surface area contributed by atoms with Gasteiger partial charge >= 0.3 is 0 Å². The van der Waals surface area contributed by atoms with Crippen LogP contribution in [-0.4, -0.2) is 18.4 Å². The molecule has 0 radical (unpaired) electrons. The molecule has 0 saturated carbocycles. The van der Waals surface area contributed by atoms with Gasteiger partial charge in [0.15, 0.2) is 0 Å². The second-order valence-corrected chi connectivity index (χ2v) is 14.1. The van der Waals surface area contributed by atoms with E-state index in [0.29, 0.717) is 24.9 Å². The molecule has 2 atom stereocenters. The summed E-state index contributed by atoms with van der Waals surface area (Å²) in [6.45, 7) is 1.97. The van der Waals surface area contributed by atoms with E-state index in [4.69, 9.17) is 11.6 Å². The molecule has 7 heteroatoms. The van der Waals surface area contributed by atoms with Gasteiger partial charge in [0.1, 0.15) is 31.7 Å². The number of rotatable bonds is 4. The zero-order chi connectivity index (χ0) is 29.3. The number of halogens is 1. The van der Waals surface area contributed by atoms with Crippen LogP contribution >= 0.6 is 11.6 Å². The number of hydrogen-bond acceptors (Lipinski definition) is 4. The molecule has 1 spiro atoms. The maximum atomic E-state index is 13.8. The average Bonchev–Trinajstić information content (AvgIpc) is 3.51. The monoisotopic (exact) mass is 614 g/mol. The van der Waals surface area contributed by atoms with Crippen LogP contribution in [0, 0.1) is 6.92 Å². The molecule has 0 N–H and O–H groups in total. The second-order valence-electron chi connectivity index (χ2n) is 10.8. The number of pyridine rings is 2. The van der Waals surface area contributed by atoms with Gasteiger partial charge in [-0.2, -0.15) is 0 Å². The van der Waals surface area contributed by atoms with Gasteiger partial charge in [-0.05, 0) is 99.5 Å². The van der Waals surface area contributed by atoms with Crippen LogP contribution in [0.15, 0.2) is 141 Å². The first-order chi connectivity index (χ1) is 21.0. The Bertz CT molecular complexity index is 1990. The maximum Gasteiger partial charge on any atom is 0.132 e. The van der Waals surface area contributed by atoms with Crippen LogP contribution in [0.4, 0.5) is 0 Å². The zero-order valence-corrected chi connectivity index (χ0v) is 25.3. The highest BCUT2D eigenvalue weighted by Crippen LogP contribution is 2.63. The minimum atomic E-state index is -1.51. The molecule has 208 valence electrons. The van der Waals surface area contributed by atoms with Gasteiger partial charge in [0, 0.05) is 22.2 Å². The van der Waals surface area contributed by atoms with Crippen molar-refractivity contribution in [2.45, 2.75) is 32.2 Å². The van der Waals surface area contributed by atoms with Crippen molar-refractivity contribution in [1.82, 2.24) is 9.97 Å². The van der Waals surface area contributed by atoms with Crippen molar-refractivity contribution in [3.8, 4) is 22.3 Å². The first-order valence-corrected chi connectivity index (χ1v) is 16.5. The summed E-state index contributed by atoms with van der Waals surface area (Å²) >= 11 is 6.06. The quantitative estimate of drug-likeness (QED) is 0.201. The van der Waals surface area contributed by atoms with E-state index in [9.17, 15) is 8.42 Å². The molecule has 2 aromatic heterocycles. The molecule has 43 heavy (non-hydrogen) atoms. The topological polar surface area (TPSA) is 59.9 Å². The molecule has 0 amide bonds. The molecule has 2 heterocycles. The van der Waals surface area contributed by atoms with Crippen molar-refractivity contribution >= 4 is 33.2 Å². The van der Waals surface area contributed by atoms with Crippen LogP contribution in [0.3, 0.4) is 0 Å². The van der Waals surface area contributed by atoms with E-state index < -0.39 is 27.0 Å². The van der Waals surface area contributed by atoms with Gasteiger partial charge in [0.25, 0.3) is 0 Å². The van der Waals surface area contributed by atoms with Crippen LogP contribution in [0.1, 0.15) is 27.8 Å². The van der Waals surface area contributed by atoms with E-state index in [1.54, 1.807) is 18.3 Å². The summed E-state index contributed by atoms with van der Waals surface area (Å²) in [5.41, 5.74) is 9.22. The first kappa shape index (κ1) is 26.4. The van der Waals surface area contributed by atoms with Crippen molar-refractivity contribution in [1.29, 1.82) is 0 Å². The predicted molar refractivity (Wildman–Crippen MR) is 170 cm³/mol. The summed E-state index contributed by atoms with van der Waals surface area (Å²) in [5, 5.41) is 1.47. The minimum absolute atomic E-state index is 0.449. The average molecular weight is 615 g/mol. The lowest BCUT2D eigenvalue weighted by Crippen LogP contribution is -2.26. The molecule has 8 rings (SSSR count). The molecule has 2 aliphatic rings. The third kappa shape index (κ3) is 3.87. The molecule has 2 unspecified atom stereocenters. The molecule has 0 saturated heterocycles. The maximum absolute atomic E-state index is 13.8.